The number of nitrogens with one attached hydrogen (secondary N) is 1. The molecular formula is C26H29N4O2PS. The Morgan fingerprint density at radius 2 is 1.88 bits per heavy atom. The number of rotatable bonds is 7. The molecule has 1 N–H and O–H groups in total. The molecule has 0 spiro atoms. The van der Waals surface area contributed by atoms with Crippen molar-refractivity contribution in [2.45, 2.75) is 39.3 Å². The second-order valence-electron chi connectivity index (χ2n) is 9.02. The van der Waals surface area contributed by atoms with Gasteiger partial charge in [0.1, 0.15) is 10.8 Å². The maximum absolute atomic E-state index is 12.6. The van der Waals surface area contributed by atoms with Crippen LogP contribution in [0.3, 0.4) is 0 Å². The van der Waals surface area contributed by atoms with Crippen LogP contribution in [-0.2, 0) is 23.3 Å². The standard InChI is InChI=1S/C26H29N4O2PS/c1-26(2,3)30-24(17-9-11-20(33)12-10-17)21(15-28-30)25-29-19(16-34-25)13-23(31)27-14-18-7-5-6-8-22(18)32-4/h5-12,15-16H,13-14,33H2,1-4H3,(H,27,31). The van der Waals surface area contributed by atoms with Gasteiger partial charge in [0, 0.05) is 23.1 Å². The molecule has 0 aliphatic carbocycles. The van der Waals surface area contributed by atoms with Gasteiger partial charge >= 0.3 is 0 Å². The normalized spacial score (nSPS) is 11.4. The Kier molecular flexibility index (Phi) is 7.15. The number of amides is 1. The van der Waals surface area contributed by atoms with Crippen LogP contribution in [-0.4, -0.2) is 27.8 Å². The molecule has 0 saturated carbocycles. The van der Waals surface area contributed by atoms with Crippen LogP contribution in [0.15, 0.2) is 60.1 Å². The fourth-order valence-corrected chi connectivity index (χ4v) is 4.74. The SMILES string of the molecule is COc1ccccc1CNC(=O)Cc1csc(-c2cnn(C(C)(C)C)c2-c2ccc(P)cc2)n1. The molecule has 0 fully saturated rings. The van der Waals surface area contributed by atoms with E-state index in [1.165, 1.54) is 11.3 Å². The largest absolute Gasteiger partial charge is 0.496 e. The van der Waals surface area contributed by atoms with Gasteiger partial charge in [0.25, 0.3) is 0 Å². The van der Waals surface area contributed by atoms with Crippen molar-refractivity contribution in [3.8, 4) is 27.6 Å². The van der Waals surface area contributed by atoms with Crippen molar-refractivity contribution in [3.63, 3.8) is 0 Å². The van der Waals surface area contributed by atoms with Crippen molar-refractivity contribution in [1.29, 1.82) is 0 Å². The van der Waals surface area contributed by atoms with Crippen LogP contribution in [0.25, 0.3) is 21.8 Å². The molecule has 2 aromatic carbocycles. The van der Waals surface area contributed by atoms with Crippen LogP contribution >= 0.6 is 20.6 Å². The van der Waals surface area contributed by atoms with Gasteiger partial charge in [-0.3, -0.25) is 9.48 Å². The van der Waals surface area contributed by atoms with Crippen molar-refractivity contribution >= 4 is 31.8 Å². The predicted octanol–water partition coefficient (Wildman–Crippen LogP) is 4.80. The molecule has 0 aliphatic rings. The Morgan fingerprint density at radius 3 is 2.59 bits per heavy atom. The number of carbonyl (C=O) groups excluding carboxylic acids is 1. The fourth-order valence-electron chi connectivity index (χ4n) is 3.71. The molecule has 6 nitrogen and oxygen atoms in total. The third kappa shape index (κ3) is 5.37. The number of hydrogen-bond donors (Lipinski definition) is 1. The molecule has 0 saturated heterocycles. The molecule has 4 rings (SSSR count). The van der Waals surface area contributed by atoms with Gasteiger partial charge < -0.3 is 10.1 Å². The van der Waals surface area contributed by atoms with Gasteiger partial charge in [-0.05, 0) is 32.1 Å². The number of methoxy groups -OCH3 is 1. The molecule has 34 heavy (non-hydrogen) atoms. The molecule has 2 heterocycles. The monoisotopic (exact) mass is 492 g/mol. The lowest BCUT2D eigenvalue weighted by Gasteiger charge is -2.23. The van der Waals surface area contributed by atoms with Gasteiger partial charge in [-0.1, -0.05) is 42.5 Å². The van der Waals surface area contributed by atoms with Gasteiger partial charge in [-0.25, -0.2) is 4.98 Å². The van der Waals surface area contributed by atoms with Crippen molar-refractivity contribution in [3.05, 3.63) is 71.4 Å². The molecule has 1 atom stereocenters. The maximum Gasteiger partial charge on any atom is 0.226 e. The van der Waals surface area contributed by atoms with Gasteiger partial charge in [0.15, 0.2) is 0 Å². The number of carbonyl (C=O) groups is 1. The first-order valence-corrected chi connectivity index (χ1v) is 12.5. The van der Waals surface area contributed by atoms with E-state index in [0.29, 0.717) is 6.54 Å². The van der Waals surface area contributed by atoms with E-state index in [1.54, 1.807) is 7.11 Å². The Hall–Kier alpha value is -3.02. The Labute approximate surface area is 206 Å². The number of nitrogens with zero attached hydrogens (tertiary/aromatic N) is 3. The number of para-hydroxylation sites is 1. The third-order valence-electron chi connectivity index (χ3n) is 5.38. The lowest BCUT2D eigenvalue weighted by molar-refractivity contribution is -0.120. The van der Waals surface area contributed by atoms with Crippen molar-refractivity contribution in [2.24, 2.45) is 0 Å². The molecule has 0 radical (unpaired) electrons. The van der Waals surface area contributed by atoms with Gasteiger partial charge in [0.2, 0.25) is 5.91 Å². The number of aromatic nitrogens is 3. The van der Waals surface area contributed by atoms with Crippen LogP contribution in [0.2, 0.25) is 0 Å². The van der Waals surface area contributed by atoms with Crippen LogP contribution in [0.1, 0.15) is 32.0 Å². The van der Waals surface area contributed by atoms with Crippen molar-refractivity contribution in [2.75, 3.05) is 7.11 Å². The first-order valence-electron chi connectivity index (χ1n) is 11.0. The van der Waals surface area contributed by atoms with E-state index in [4.69, 9.17) is 14.8 Å². The number of thiazole rings is 1. The minimum Gasteiger partial charge on any atom is -0.496 e. The van der Waals surface area contributed by atoms with Crippen molar-refractivity contribution in [1.82, 2.24) is 20.1 Å². The van der Waals surface area contributed by atoms with Crippen LogP contribution < -0.4 is 15.4 Å². The minimum absolute atomic E-state index is 0.0793. The fraction of sp³-hybridized carbons (Fsp3) is 0.269. The molecule has 2 aromatic heterocycles. The zero-order valence-electron chi connectivity index (χ0n) is 19.8. The number of benzene rings is 2. The first kappa shape index (κ1) is 24.1. The van der Waals surface area contributed by atoms with E-state index in [-0.39, 0.29) is 17.9 Å². The van der Waals surface area contributed by atoms with Crippen LogP contribution in [0.4, 0.5) is 0 Å². The summed E-state index contributed by atoms with van der Waals surface area (Å²) in [7, 11) is 4.35. The van der Waals surface area contributed by atoms with Crippen LogP contribution in [0.5, 0.6) is 5.75 Å². The highest BCUT2D eigenvalue weighted by molar-refractivity contribution is 7.27. The lowest BCUT2D eigenvalue weighted by Crippen LogP contribution is -2.24. The second kappa shape index (κ2) is 10.1. The summed E-state index contributed by atoms with van der Waals surface area (Å²) in [6.45, 7) is 6.82. The minimum atomic E-state index is -0.189. The third-order valence-corrected chi connectivity index (χ3v) is 6.69. The van der Waals surface area contributed by atoms with Crippen molar-refractivity contribution < 1.29 is 9.53 Å². The van der Waals surface area contributed by atoms with E-state index in [1.807, 2.05) is 40.5 Å². The van der Waals surface area contributed by atoms with Gasteiger partial charge in [0.05, 0.1) is 42.2 Å². The Morgan fingerprint density at radius 1 is 1.15 bits per heavy atom. The maximum atomic E-state index is 12.6. The predicted molar refractivity (Wildman–Crippen MR) is 142 cm³/mol. The van der Waals surface area contributed by atoms with E-state index in [9.17, 15) is 4.79 Å². The summed E-state index contributed by atoms with van der Waals surface area (Å²) in [4.78, 5) is 17.4. The highest BCUT2D eigenvalue weighted by Crippen LogP contribution is 2.36. The molecule has 1 unspecified atom stereocenters. The molecule has 0 aliphatic heterocycles. The quantitative estimate of drug-likeness (QED) is 0.377. The van der Waals surface area contributed by atoms with E-state index in [2.05, 4.69) is 59.6 Å². The Bertz CT molecular complexity index is 1290. The number of hydrogen-bond acceptors (Lipinski definition) is 5. The summed E-state index contributed by atoms with van der Waals surface area (Å²) in [6.07, 6.45) is 2.09. The average Bonchev–Trinajstić information content (AvgIpc) is 3.45. The zero-order valence-corrected chi connectivity index (χ0v) is 21.8. The molecular weight excluding hydrogens is 463 g/mol. The summed E-state index contributed by atoms with van der Waals surface area (Å²) < 4.78 is 7.40. The molecule has 8 heteroatoms. The smallest absolute Gasteiger partial charge is 0.226 e. The number of ether oxygens (including phenoxy) is 1. The second-order valence-corrected chi connectivity index (χ2v) is 10.5. The summed E-state index contributed by atoms with van der Waals surface area (Å²) in [5.74, 6) is 0.682. The summed E-state index contributed by atoms with van der Waals surface area (Å²) in [6, 6.07) is 16.0. The average molecular weight is 493 g/mol. The summed E-state index contributed by atoms with van der Waals surface area (Å²) in [5, 5.41) is 11.6. The topological polar surface area (TPSA) is 69.0 Å². The van der Waals surface area contributed by atoms with Gasteiger partial charge in [-0.15, -0.1) is 20.6 Å². The van der Waals surface area contributed by atoms with Gasteiger partial charge in [-0.2, -0.15) is 5.10 Å². The highest BCUT2D eigenvalue weighted by Gasteiger charge is 2.24. The lowest BCUT2D eigenvalue weighted by atomic mass is 10.0. The molecule has 0 bridgehead atoms. The Balaban J connectivity index is 1.54. The first-order chi connectivity index (χ1) is 16.3. The molecule has 1 amide bonds. The van der Waals surface area contributed by atoms with E-state index >= 15 is 0 Å². The molecule has 176 valence electrons. The zero-order chi connectivity index (χ0) is 24.3. The summed E-state index contributed by atoms with van der Waals surface area (Å²) in [5.41, 5.74) is 4.57. The van der Waals surface area contributed by atoms with E-state index in [0.717, 1.165) is 44.1 Å². The van der Waals surface area contributed by atoms with Crippen LogP contribution in [0, 0.1) is 0 Å². The van der Waals surface area contributed by atoms with E-state index < -0.39 is 0 Å². The molecule has 4 aromatic rings. The highest BCUT2D eigenvalue weighted by atomic mass is 32.1. The summed E-state index contributed by atoms with van der Waals surface area (Å²) >= 11 is 1.53.